The zero-order chi connectivity index (χ0) is 23.5. The van der Waals surface area contributed by atoms with Crippen LogP contribution >= 0.6 is 0 Å². The predicted molar refractivity (Wildman–Crippen MR) is 93.8 cm³/mol. The largest absolute Gasteiger partial charge is 0.453 e. The fourth-order valence-corrected chi connectivity index (χ4v) is 2.83. The van der Waals surface area contributed by atoms with E-state index in [0.717, 1.165) is 6.42 Å². The molecular weight excluding hydrogens is 406 g/mol. The van der Waals surface area contributed by atoms with E-state index in [1.807, 2.05) is 41.5 Å². The van der Waals surface area contributed by atoms with Gasteiger partial charge >= 0.3 is 24.3 Å². The van der Waals surface area contributed by atoms with Crippen LogP contribution in [0.25, 0.3) is 0 Å². The second-order valence-corrected chi connectivity index (χ2v) is 8.79. The molecule has 0 saturated heterocycles. The van der Waals surface area contributed by atoms with Crippen LogP contribution in [-0.2, 0) is 19.1 Å². The first kappa shape index (κ1) is 27.5. The Kier molecular flexibility index (Phi) is 8.65. The van der Waals surface area contributed by atoms with Gasteiger partial charge in [-0.15, -0.1) is 0 Å². The van der Waals surface area contributed by atoms with E-state index in [1.165, 1.54) is 0 Å². The normalized spacial score (nSPS) is 15.8. The molecule has 0 spiro atoms. The minimum atomic E-state index is -5.83. The van der Waals surface area contributed by atoms with Gasteiger partial charge in [0.2, 0.25) is 0 Å². The van der Waals surface area contributed by atoms with Crippen LogP contribution in [-0.4, -0.2) is 37.0 Å². The Morgan fingerprint density at radius 2 is 1.28 bits per heavy atom. The van der Waals surface area contributed by atoms with Gasteiger partial charge in [-0.1, -0.05) is 48.0 Å². The molecule has 0 radical (unpaired) electrons. The maximum Gasteiger partial charge on any atom is 0.434 e. The molecule has 0 heterocycles. The lowest BCUT2D eigenvalue weighted by Gasteiger charge is -2.45. The molecule has 0 N–H and O–H groups in total. The van der Waals surface area contributed by atoms with E-state index in [9.17, 15) is 35.9 Å². The molecule has 0 aromatic heterocycles. The van der Waals surface area contributed by atoms with Crippen LogP contribution in [0, 0.1) is 16.2 Å². The third kappa shape index (κ3) is 7.37. The Labute approximate surface area is 167 Å². The summed E-state index contributed by atoms with van der Waals surface area (Å²) in [6.07, 6.45) is -14.3. The number of ether oxygens (including phenoxy) is 2. The van der Waals surface area contributed by atoms with E-state index in [1.54, 1.807) is 6.92 Å². The van der Waals surface area contributed by atoms with Crippen LogP contribution in [0.5, 0.6) is 0 Å². The van der Waals surface area contributed by atoms with Crippen molar-refractivity contribution in [1.29, 1.82) is 0 Å². The smallest absolute Gasteiger partial charge is 0.434 e. The van der Waals surface area contributed by atoms with Gasteiger partial charge in [0.25, 0.3) is 6.10 Å². The van der Waals surface area contributed by atoms with E-state index in [0.29, 0.717) is 12.8 Å². The molecule has 0 aliphatic heterocycles. The highest BCUT2D eigenvalue weighted by Crippen LogP contribution is 2.50. The zero-order valence-electron chi connectivity index (χ0n) is 17.8. The third-order valence-electron chi connectivity index (χ3n) is 5.78. The van der Waals surface area contributed by atoms with Crippen molar-refractivity contribution >= 4 is 11.9 Å². The van der Waals surface area contributed by atoms with E-state index >= 15 is 0 Å². The van der Waals surface area contributed by atoms with Gasteiger partial charge in [-0.25, -0.2) is 4.79 Å². The average molecular weight is 436 g/mol. The lowest BCUT2D eigenvalue weighted by atomic mass is 9.58. The second-order valence-electron chi connectivity index (χ2n) is 8.79. The van der Waals surface area contributed by atoms with Gasteiger partial charge in [0.05, 0.1) is 5.41 Å². The van der Waals surface area contributed by atoms with Gasteiger partial charge in [-0.3, -0.25) is 4.79 Å². The first-order valence-corrected chi connectivity index (χ1v) is 9.23. The summed E-state index contributed by atoms with van der Waals surface area (Å²) in [5, 5.41) is 0. The first-order chi connectivity index (χ1) is 12.7. The number of halogens is 6. The van der Waals surface area contributed by atoms with Gasteiger partial charge in [0, 0.05) is 0 Å². The molecular formula is C19H30F6O4. The molecule has 0 saturated carbocycles. The summed E-state index contributed by atoms with van der Waals surface area (Å²) in [7, 11) is 0. The number of esters is 2. The third-order valence-corrected chi connectivity index (χ3v) is 5.78. The van der Waals surface area contributed by atoms with Crippen LogP contribution in [0.2, 0.25) is 0 Å². The second kappa shape index (κ2) is 9.12. The van der Waals surface area contributed by atoms with E-state index in [4.69, 9.17) is 4.74 Å². The minimum absolute atomic E-state index is 0.293. The summed E-state index contributed by atoms with van der Waals surface area (Å²) in [4.78, 5) is 24.3. The molecule has 4 nitrogen and oxygen atoms in total. The molecule has 1 atom stereocenters. The van der Waals surface area contributed by atoms with Crippen molar-refractivity contribution in [2.75, 3.05) is 6.61 Å². The van der Waals surface area contributed by atoms with Crippen LogP contribution in [0.1, 0.15) is 67.7 Å². The summed E-state index contributed by atoms with van der Waals surface area (Å²) in [5.41, 5.74) is -2.03. The van der Waals surface area contributed by atoms with Gasteiger partial charge < -0.3 is 9.47 Å². The van der Waals surface area contributed by atoms with Crippen molar-refractivity contribution in [1.82, 2.24) is 0 Å². The fourth-order valence-electron chi connectivity index (χ4n) is 2.83. The van der Waals surface area contributed by atoms with Crippen molar-refractivity contribution in [2.24, 2.45) is 16.2 Å². The number of hydrogen-bond acceptors (Lipinski definition) is 4. The van der Waals surface area contributed by atoms with Crippen molar-refractivity contribution in [3.05, 3.63) is 0 Å². The van der Waals surface area contributed by atoms with E-state index < -0.39 is 47.8 Å². The Morgan fingerprint density at radius 1 is 0.828 bits per heavy atom. The molecule has 1 unspecified atom stereocenters. The Morgan fingerprint density at radius 3 is 1.62 bits per heavy atom. The van der Waals surface area contributed by atoms with Gasteiger partial charge in [0.15, 0.2) is 6.61 Å². The molecule has 0 amide bonds. The van der Waals surface area contributed by atoms with Gasteiger partial charge in [-0.2, -0.15) is 26.3 Å². The molecule has 0 rings (SSSR count). The number of alkyl halides is 6. The molecule has 0 bridgehead atoms. The van der Waals surface area contributed by atoms with Gasteiger partial charge in [-0.05, 0) is 30.6 Å². The standard InChI is InChI=1S/C19H30F6O4/c1-8-15(3,4)11-17(7,16(5,6)9-2)14(27)28-10-12(26)29-13(18(20,21)22)19(23,24)25/h13H,8-11H2,1-7H3. The summed E-state index contributed by atoms with van der Waals surface area (Å²) in [6, 6.07) is 0. The molecule has 0 aliphatic rings. The highest BCUT2D eigenvalue weighted by atomic mass is 19.4. The Hall–Kier alpha value is -1.48. The topological polar surface area (TPSA) is 52.6 Å². The summed E-state index contributed by atoms with van der Waals surface area (Å²) >= 11 is 0. The highest BCUT2D eigenvalue weighted by Gasteiger charge is 2.60. The number of rotatable bonds is 9. The number of carbonyl (C=O) groups is 2. The summed E-state index contributed by atoms with van der Waals surface area (Å²) in [6.45, 7) is 11.5. The van der Waals surface area contributed by atoms with Crippen LogP contribution < -0.4 is 0 Å². The molecule has 10 heteroatoms. The van der Waals surface area contributed by atoms with Crippen LogP contribution in [0.3, 0.4) is 0 Å². The van der Waals surface area contributed by atoms with Crippen molar-refractivity contribution in [2.45, 2.75) is 86.2 Å². The Bertz CT molecular complexity index is 566. The van der Waals surface area contributed by atoms with Crippen molar-refractivity contribution in [3.8, 4) is 0 Å². The SMILES string of the molecule is CCC(C)(C)CC(C)(C(=O)OCC(=O)OC(C(F)(F)F)C(F)(F)F)C(C)(C)CC. The highest BCUT2D eigenvalue weighted by molar-refractivity contribution is 5.81. The monoisotopic (exact) mass is 436 g/mol. The minimum Gasteiger partial charge on any atom is -0.453 e. The lowest BCUT2D eigenvalue weighted by molar-refractivity contribution is -0.313. The fraction of sp³-hybridized carbons (Fsp3) is 0.895. The van der Waals surface area contributed by atoms with Crippen LogP contribution in [0.4, 0.5) is 26.3 Å². The lowest BCUT2D eigenvalue weighted by Crippen LogP contribution is -2.48. The Balaban J connectivity index is 5.42. The first-order valence-electron chi connectivity index (χ1n) is 9.23. The molecule has 29 heavy (non-hydrogen) atoms. The number of carbonyl (C=O) groups excluding carboxylic acids is 2. The predicted octanol–water partition coefficient (Wildman–Crippen LogP) is 5.83. The quantitative estimate of drug-likeness (QED) is 0.337. The molecule has 0 fully saturated rings. The van der Waals surface area contributed by atoms with Gasteiger partial charge in [0.1, 0.15) is 0 Å². The molecule has 172 valence electrons. The van der Waals surface area contributed by atoms with E-state index in [2.05, 4.69) is 4.74 Å². The van der Waals surface area contributed by atoms with Crippen molar-refractivity contribution < 1.29 is 45.4 Å². The maximum atomic E-state index is 12.8. The summed E-state index contributed by atoms with van der Waals surface area (Å²) < 4.78 is 83.3. The van der Waals surface area contributed by atoms with E-state index in [-0.39, 0.29) is 5.41 Å². The summed E-state index contributed by atoms with van der Waals surface area (Å²) in [5.74, 6) is -2.80. The van der Waals surface area contributed by atoms with Crippen molar-refractivity contribution in [3.63, 3.8) is 0 Å². The zero-order valence-corrected chi connectivity index (χ0v) is 17.8. The van der Waals surface area contributed by atoms with Crippen LogP contribution in [0.15, 0.2) is 0 Å². The maximum absolute atomic E-state index is 12.8. The number of hydrogen-bond donors (Lipinski definition) is 0. The molecule has 0 aromatic carbocycles. The molecule has 0 aromatic rings. The average Bonchev–Trinajstić information content (AvgIpc) is 2.54. The molecule has 0 aliphatic carbocycles.